The van der Waals surface area contributed by atoms with Crippen molar-refractivity contribution in [2.75, 3.05) is 7.11 Å². The standard InChI is InChI=1S/C20H21N3O2/c1-13-18(15-8-6-10-22-11-15)19(20(21)24)14(2)23(13)12-16-7-4-5-9-17(16)25-3/h4-11H,12H2,1-3H3,(H2,21,24). The van der Waals surface area contributed by atoms with Crippen molar-refractivity contribution in [3.8, 4) is 16.9 Å². The number of methoxy groups -OCH3 is 1. The number of rotatable bonds is 5. The van der Waals surface area contributed by atoms with Gasteiger partial charge in [0.1, 0.15) is 5.75 Å². The van der Waals surface area contributed by atoms with Gasteiger partial charge in [0.15, 0.2) is 0 Å². The molecular formula is C20H21N3O2. The number of primary amides is 1. The summed E-state index contributed by atoms with van der Waals surface area (Å²) in [5.74, 6) is 0.386. The van der Waals surface area contributed by atoms with Crippen LogP contribution in [0.5, 0.6) is 5.75 Å². The van der Waals surface area contributed by atoms with Crippen molar-refractivity contribution in [1.29, 1.82) is 0 Å². The maximum atomic E-state index is 12.1. The zero-order valence-corrected chi connectivity index (χ0v) is 14.6. The van der Waals surface area contributed by atoms with E-state index in [-0.39, 0.29) is 0 Å². The van der Waals surface area contributed by atoms with E-state index in [0.717, 1.165) is 33.8 Å². The van der Waals surface area contributed by atoms with E-state index in [9.17, 15) is 4.79 Å². The normalized spacial score (nSPS) is 10.7. The fraction of sp³-hybridized carbons (Fsp3) is 0.200. The molecule has 1 amide bonds. The van der Waals surface area contributed by atoms with Crippen LogP contribution in [0.25, 0.3) is 11.1 Å². The third-order valence-electron chi connectivity index (χ3n) is 4.50. The van der Waals surface area contributed by atoms with Gasteiger partial charge < -0.3 is 15.0 Å². The molecule has 2 N–H and O–H groups in total. The number of aromatic nitrogens is 2. The topological polar surface area (TPSA) is 70.1 Å². The van der Waals surface area contributed by atoms with Crippen LogP contribution in [0.2, 0.25) is 0 Å². The number of nitrogens with zero attached hydrogens (tertiary/aromatic N) is 2. The van der Waals surface area contributed by atoms with Gasteiger partial charge in [-0.1, -0.05) is 24.3 Å². The van der Waals surface area contributed by atoms with Crippen molar-refractivity contribution < 1.29 is 9.53 Å². The molecule has 0 fully saturated rings. The van der Waals surface area contributed by atoms with E-state index in [0.29, 0.717) is 12.1 Å². The average molecular weight is 335 g/mol. The molecule has 0 saturated heterocycles. The van der Waals surface area contributed by atoms with Crippen LogP contribution in [-0.2, 0) is 6.54 Å². The van der Waals surface area contributed by atoms with Crippen LogP contribution in [-0.4, -0.2) is 22.6 Å². The summed E-state index contributed by atoms with van der Waals surface area (Å²) in [6.45, 7) is 4.52. The van der Waals surface area contributed by atoms with Crippen LogP contribution in [0.3, 0.4) is 0 Å². The monoisotopic (exact) mass is 335 g/mol. The second-order valence-electron chi connectivity index (χ2n) is 5.92. The minimum absolute atomic E-state index is 0.432. The van der Waals surface area contributed by atoms with Crippen molar-refractivity contribution in [3.05, 3.63) is 71.3 Å². The molecule has 0 saturated carbocycles. The van der Waals surface area contributed by atoms with Crippen LogP contribution < -0.4 is 10.5 Å². The number of pyridine rings is 1. The molecule has 0 radical (unpaired) electrons. The van der Waals surface area contributed by atoms with Gasteiger partial charge >= 0.3 is 0 Å². The Bertz CT molecular complexity index is 914. The van der Waals surface area contributed by atoms with Crippen molar-refractivity contribution >= 4 is 5.91 Å². The largest absolute Gasteiger partial charge is 0.496 e. The summed E-state index contributed by atoms with van der Waals surface area (Å²) < 4.78 is 7.55. The van der Waals surface area contributed by atoms with Gasteiger partial charge in [0, 0.05) is 40.5 Å². The summed E-state index contributed by atoms with van der Waals surface area (Å²) >= 11 is 0. The molecule has 0 aliphatic rings. The molecule has 1 aromatic carbocycles. The van der Waals surface area contributed by atoms with Crippen LogP contribution in [0.15, 0.2) is 48.8 Å². The van der Waals surface area contributed by atoms with Gasteiger partial charge in [0.05, 0.1) is 19.2 Å². The third kappa shape index (κ3) is 3.01. The Labute approximate surface area is 147 Å². The average Bonchev–Trinajstić information content (AvgIpc) is 2.87. The summed E-state index contributed by atoms with van der Waals surface area (Å²) in [6.07, 6.45) is 3.46. The first-order valence-corrected chi connectivity index (χ1v) is 8.06. The minimum atomic E-state index is -0.432. The van der Waals surface area contributed by atoms with Gasteiger partial charge in [0.2, 0.25) is 0 Å². The molecule has 0 aliphatic carbocycles. The van der Waals surface area contributed by atoms with Crippen LogP contribution >= 0.6 is 0 Å². The number of carbonyl (C=O) groups excluding carboxylic acids is 1. The lowest BCUT2D eigenvalue weighted by Crippen LogP contribution is -2.13. The van der Waals surface area contributed by atoms with Crippen molar-refractivity contribution in [2.45, 2.75) is 20.4 Å². The molecular weight excluding hydrogens is 314 g/mol. The predicted molar refractivity (Wildman–Crippen MR) is 97.8 cm³/mol. The fourth-order valence-corrected chi connectivity index (χ4v) is 3.29. The number of para-hydroxylation sites is 1. The van der Waals surface area contributed by atoms with E-state index in [4.69, 9.17) is 10.5 Å². The van der Waals surface area contributed by atoms with E-state index in [1.165, 1.54) is 0 Å². The SMILES string of the molecule is COc1ccccc1Cn1c(C)c(C(N)=O)c(-c2cccnc2)c1C. The Morgan fingerprint density at radius 1 is 1.16 bits per heavy atom. The van der Waals surface area contributed by atoms with Crippen LogP contribution in [0, 0.1) is 13.8 Å². The number of ether oxygens (including phenoxy) is 1. The number of carbonyl (C=O) groups is 1. The summed E-state index contributed by atoms with van der Waals surface area (Å²) in [6, 6.07) is 11.7. The summed E-state index contributed by atoms with van der Waals surface area (Å²) in [5, 5.41) is 0. The number of nitrogens with two attached hydrogens (primary N) is 1. The van der Waals surface area contributed by atoms with Gasteiger partial charge in [-0.2, -0.15) is 0 Å². The molecule has 5 nitrogen and oxygen atoms in total. The highest BCUT2D eigenvalue weighted by molar-refractivity contribution is 6.02. The molecule has 3 rings (SSSR count). The summed E-state index contributed by atoms with van der Waals surface area (Å²) in [7, 11) is 1.66. The summed E-state index contributed by atoms with van der Waals surface area (Å²) in [5.41, 5.74) is 10.8. The minimum Gasteiger partial charge on any atom is -0.496 e. The van der Waals surface area contributed by atoms with Crippen molar-refractivity contribution in [1.82, 2.24) is 9.55 Å². The Morgan fingerprint density at radius 2 is 1.92 bits per heavy atom. The predicted octanol–water partition coefficient (Wildman–Crippen LogP) is 3.32. The molecule has 0 spiro atoms. The molecule has 5 heteroatoms. The number of hydrogen-bond acceptors (Lipinski definition) is 3. The second kappa shape index (κ2) is 6.81. The number of hydrogen-bond donors (Lipinski definition) is 1. The summed E-state index contributed by atoms with van der Waals surface area (Å²) in [4.78, 5) is 16.3. The quantitative estimate of drug-likeness (QED) is 0.777. The fourth-order valence-electron chi connectivity index (χ4n) is 3.29. The van der Waals surface area contributed by atoms with E-state index in [2.05, 4.69) is 9.55 Å². The van der Waals surface area contributed by atoms with Gasteiger partial charge in [-0.05, 0) is 26.0 Å². The first-order valence-electron chi connectivity index (χ1n) is 8.06. The lowest BCUT2D eigenvalue weighted by atomic mass is 10.0. The lowest BCUT2D eigenvalue weighted by Gasteiger charge is -2.13. The van der Waals surface area contributed by atoms with E-state index in [1.54, 1.807) is 19.5 Å². The molecule has 0 unspecified atom stereocenters. The molecule has 128 valence electrons. The van der Waals surface area contributed by atoms with Crippen LogP contribution in [0.4, 0.5) is 0 Å². The first kappa shape index (κ1) is 16.8. The van der Waals surface area contributed by atoms with Crippen molar-refractivity contribution in [3.63, 3.8) is 0 Å². The highest BCUT2D eigenvalue weighted by Crippen LogP contribution is 2.33. The maximum Gasteiger partial charge on any atom is 0.251 e. The Morgan fingerprint density at radius 3 is 2.56 bits per heavy atom. The lowest BCUT2D eigenvalue weighted by molar-refractivity contribution is 0.1000. The van der Waals surface area contributed by atoms with Gasteiger partial charge in [0.25, 0.3) is 5.91 Å². The highest BCUT2D eigenvalue weighted by Gasteiger charge is 2.23. The molecule has 0 bridgehead atoms. The Kier molecular flexibility index (Phi) is 4.57. The van der Waals surface area contributed by atoms with Crippen LogP contribution in [0.1, 0.15) is 27.3 Å². The maximum absolute atomic E-state index is 12.1. The van der Waals surface area contributed by atoms with Gasteiger partial charge in [-0.25, -0.2) is 0 Å². The zero-order chi connectivity index (χ0) is 18.0. The van der Waals surface area contributed by atoms with E-state index in [1.807, 2.05) is 50.2 Å². The number of benzene rings is 1. The Hall–Kier alpha value is -3.08. The van der Waals surface area contributed by atoms with E-state index < -0.39 is 5.91 Å². The molecule has 2 heterocycles. The van der Waals surface area contributed by atoms with Gasteiger partial charge in [-0.15, -0.1) is 0 Å². The molecule has 0 atom stereocenters. The van der Waals surface area contributed by atoms with Gasteiger partial charge in [-0.3, -0.25) is 9.78 Å². The molecule has 25 heavy (non-hydrogen) atoms. The number of amides is 1. The molecule has 0 aliphatic heterocycles. The smallest absolute Gasteiger partial charge is 0.251 e. The van der Waals surface area contributed by atoms with E-state index >= 15 is 0 Å². The third-order valence-corrected chi connectivity index (χ3v) is 4.50. The Balaban J connectivity index is 2.17. The second-order valence-corrected chi connectivity index (χ2v) is 5.92. The zero-order valence-electron chi connectivity index (χ0n) is 14.6. The first-order chi connectivity index (χ1) is 12.0. The molecule has 2 aromatic heterocycles. The molecule has 3 aromatic rings. The van der Waals surface area contributed by atoms with Crippen molar-refractivity contribution in [2.24, 2.45) is 5.73 Å². The highest BCUT2D eigenvalue weighted by atomic mass is 16.5.